The van der Waals surface area contributed by atoms with Crippen LogP contribution in [0.1, 0.15) is 27.9 Å². The Morgan fingerprint density at radius 2 is 1.38 bits per heavy atom. The molecule has 34 heavy (non-hydrogen) atoms. The summed E-state index contributed by atoms with van der Waals surface area (Å²) in [5.74, 6) is -0.965. The van der Waals surface area contributed by atoms with E-state index in [1.165, 1.54) is 12.1 Å². The van der Waals surface area contributed by atoms with Crippen molar-refractivity contribution in [1.29, 1.82) is 10.8 Å². The standard InChI is InChI=1S/C23H22N6O5/c24-20(25)13-1-5-15(6-2-13)33-18-10-9-17(22(32)28-12-11-19(30)31)23(29-18)34-16-7-3-14(4-8-16)21(26)27/h1-10H,11-12H2,(H3,24,25)(H3,26,27)(H,28,32)(H,30,31). The van der Waals surface area contributed by atoms with Gasteiger partial charge in [0.2, 0.25) is 11.8 Å². The minimum atomic E-state index is -1.04. The van der Waals surface area contributed by atoms with Crippen LogP contribution in [0.4, 0.5) is 0 Å². The minimum Gasteiger partial charge on any atom is -0.481 e. The summed E-state index contributed by atoms with van der Waals surface area (Å²) in [4.78, 5) is 27.6. The summed E-state index contributed by atoms with van der Waals surface area (Å²) in [7, 11) is 0. The second-order valence-corrected chi connectivity index (χ2v) is 6.98. The van der Waals surface area contributed by atoms with E-state index in [2.05, 4.69) is 10.3 Å². The molecule has 0 aliphatic carbocycles. The zero-order chi connectivity index (χ0) is 24.7. The molecule has 0 radical (unpaired) electrons. The van der Waals surface area contributed by atoms with Crippen molar-refractivity contribution in [3.8, 4) is 23.3 Å². The summed E-state index contributed by atoms with van der Waals surface area (Å²) < 4.78 is 11.5. The van der Waals surface area contributed by atoms with Gasteiger partial charge in [0, 0.05) is 23.7 Å². The molecule has 1 amide bonds. The molecule has 11 heteroatoms. The molecule has 174 valence electrons. The topological polar surface area (TPSA) is 197 Å². The Bertz CT molecular complexity index is 1230. The van der Waals surface area contributed by atoms with E-state index < -0.39 is 11.9 Å². The molecule has 0 atom stereocenters. The molecular formula is C23H22N6O5. The number of amidine groups is 2. The number of amides is 1. The third-order valence-electron chi connectivity index (χ3n) is 4.47. The molecule has 0 aliphatic heterocycles. The van der Waals surface area contributed by atoms with Crippen molar-refractivity contribution in [2.24, 2.45) is 11.5 Å². The third kappa shape index (κ3) is 6.29. The number of carboxylic acid groups (broad SMARTS) is 1. The molecule has 1 heterocycles. The lowest BCUT2D eigenvalue weighted by molar-refractivity contribution is -0.136. The Morgan fingerprint density at radius 1 is 0.853 bits per heavy atom. The van der Waals surface area contributed by atoms with Crippen LogP contribution in [0.25, 0.3) is 0 Å². The molecule has 2 aromatic carbocycles. The molecular weight excluding hydrogens is 440 g/mol. The number of hydrogen-bond acceptors (Lipinski definition) is 7. The van der Waals surface area contributed by atoms with Crippen LogP contribution in [-0.2, 0) is 4.79 Å². The van der Waals surface area contributed by atoms with Gasteiger partial charge in [0.1, 0.15) is 28.7 Å². The first-order valence-electron chi connectivity index (χ1n) is 9.98. The van der Waals surface area contributed by atoms with Crippen molar-refractivity contribution < 1.29 is 24.2 Å². The van der Waals surface area contributed by atoms with Gasteiger partial charge in [-0.05, 0) is 54.6 Å². The van der Waals surface area contributed by atoms with Crippen LogP contribution in [-0.4, -0.2) is 40.2 Å². The number of nitrogens with zero attached hydrogens (tertiary/aromatic N) is 1. The van der Waals surface area contributed by atoms with E-state index in [-0.39, 0.29) is 42.0 Å². The number of aromatic nitrogens is 1. The summed E-state index contributed by atoms with van der Waals surface area (Å²) >= 11 is 0. The van der Waals surface area contributed by atoms with Crippen molar-refractivity contribution in [3.05, 3.63) is 77.4 Å². The molecule has 0 unspecified atom stereocenters. The summed E-state index contributed by atoms with van der Waals surface area (Å²) in [5.41, 5.74) is 12.0. The van der Waals surface area contributed by atoms with Gasteiger partial charge in [-0.1, -0.05) is 0 Å². The average molecular weight is 462 g/mol. The van der Waals surface area contributed by atoms with Crippen molar-refractivity contribution in [2.75, 3.05) is 6.54 Å². The second-order valence-electron chi connectivity index (χ2n) is 6.98. The number of rotatable bonds is 10. The molecule has 0 spiro atoms. The van der Waals surface area contributed by atoms with Gasteiger partial charge in [-0.15, -0.1) is 0 Å². The molecule has 8 N–H and O–H groups in total. The number of ether oxygens (including phenoxy) is 2. The van der Waals surface area contributed by atoms with Crippen molar-refractivity contribution in [2.45, 2.75) is 6.42 Å². The zero-order valence-corrected chi connectivity index (χ0v) is 17.9. The molecule has 0 bridgehead atoms. The molecule has 3 rings (SSSR count). The number of carbonyl (C=O) groups excluding carboxylic acids is 1. The smallest absolute Gasteiger partial charge is 0.305 e. The Hall–Kier alpha value is -4.93. The maximum atomic E-state index is 12.6. The molecule has 0 saturated carbocycles. The van der Waals surface area contributed by atoms with E-state index in [0.717, 1.165) is 0 Å². The van der Waals surface area contributed by atoms with Crippen LogP contribution in [0.15, 0.2) is 60.7 Å². The first-order valence-corrected chi connectivity index (χ1v) is 9.98. The van der Waals surface area contributed by atoms with E-state index in [1.807, 2.05) is 0 Å². The SMILES string of the molecule is N=C(N)c1ccc(Oc2ccc(C(=O)NCCC(=O)O)c(Oc3ccc(C(=N)N)cc3)n2)cc1. The number of nitrogens with two attached hydrogens (primary N) is 2. The van der Waals surface area contributed by atoms with Gasteiger partial charge in [-0.3, -0.25) is 20.4 Å². The van der Waals surface area contributed by atoms with Crippen LogP contribution in [0.2, 0.25) is 0 Å². The third-order valence-corrected chi connectivity index (χ3v) is 4.47. The van der Waals surface area contributed by atoms with Crippen LogP contribution in [0, 0.1) is 10.8 Å². The summed E-state index contributed by atoms with van der Waals surface area (Å²) in [6, 6.07) is 15.7. The lowest BCUT2D eigenvalue weighted by Crippen LogP contribution is -2.26. The van der Waals surface area contributed by atoms with E-state index in [9.17, 15) is 9.59 Å². The monoisotopic (exact) mass is 462 g/mol. The highest BCUT2D eigenvalue weighted by Gasteiger charge is 2.17. The predicted octanol–water partition coefficient (Wildman–Crippen LogP) is 2.44. The Labute approximate surface area is 194 Å². The van der Waals surface area contributed by atoms with Crippen molar-refractivity contribution in [3.63, 3.8) is 0 Å². The van der Waals surface area contributed by atoms with Crippen LogP contribution >= 0.6 is 0 Å². The van der Waals surface area contributed by atoms with E-state index >= 15 is 0 Å². The maximum Gasteiger partial charge on any atom is 0.305 e. The van der Waals surface area contributed by atoms with Gasteiger partial charge in [-0.2, -0.15) is 4.98 Å². The number of benzene rings is 2. The van der Waals surface area contributed by atoms with Gasteiger partial charge in [-0.25, -0.2) is 0 Å². The summed E-state index contributed by atoms with van der Waals surface area (Å²) in [5, 5.41) is 26.2. The first kappa shape index (κ1) is 23.7. The highest BCUT2D eigenvalue weighted by atomic mass is 16.5. The molecule has 3 aromatic rings. The molecule has 1 aromatic heterocycles. The second kappa shape index (κ2) is 10.6. The number of carbonyl (C=O) groups is 2. The van der Waals surface area contributed by atoms with Crippen LogP contribution in [0.5, 0.6) is 23.3 Å². The Morgan fingerprint density at radius 3 is 1.88 bits per heavy atom. The molecule has 0 saturated heterocycles. The fraction of sp³-hybridized carbons (Fsp3) is 0.0870. The van der Waals surface area contributed by atoms with Crippen LogP contribution < -0.4 is 26.3 Å². The number of nitrogen functional groups attached to an aromatic ring is 2. The normalized spacial score (nSPS) is 10.2. The highest BCUT2D eigenvalue weighted by Crippen LogP contribution is 2.28. The fourth-order valence-electron chi connectivity index (χ4n) is 2.75. The summed E-state index contributed by atoms with van der Waals surface area (Å²) in [6.07, 6.45) is -0.237. The predicted molar refractivity (Wildman–Crippen MR) is 124 cm³/mol. The fourth-order valence-corrected chi connectivity index (χ4v) is 2.75. The van der Waals surface area contributed by atoms with Crippen molar-refractivity contribution >= 4 is 23.5 Å². The van der Waals surface area contributed by atoms with Gasteiger partial charge < -0.3 is 31.4 Å². The van der Waals surface area contributed by atoms with Gasteiger partial charge in [0.05, 0.1) is 6.42 Å². The lowest BCUT2D eigenvalue weighted by Gasteiger charge is -2.13. The number of carboxylic acids is 1. The largest absolute Gasteiger partial charge is 0.481 e. The number of pyridine rings is 1. The highest BCUT2D eigenvalue weighted by molar-refractivity contribution is 5.97. The van der Waals surface area contributed by atoms with Crippen LogP contribution in [0.3, 0.4) is 0 Å². The zero-order valence-electron chi connectivity index (χ0n) is 17.9. The molecule has 0 aliphatic rings. The lowest BCUT2D eigenvalue weighted by atomic mass is 10.2. The maximum absolute atomic E-state index is 12.6. The number of nitrogens with one attached hydrogen (secondary N) is 3. The number of aliphatic carboxylic acids is 1. The van der Waals surface area contributed by atoms with E-state index in [0.29, 0.717) is 22.6 Å². The Kier molecular flexibility index (Phi) is 7.39. The Balaban J connectivity index is 1.87. The molecule has 11 nitrogen and oxygen atoms in total. The van der Waals surface area contributed by atoms with Gasteiger partial charge in [0.25, 0.3) is 5.91 Å². The first-order chi connectivity index (χ1) is 16.2. The quantitative estimate of drug-likeness (QED) is 0.195. The molecule has 0 fully saturated rings. The summed E-state index contributed by atoms with van der Waals surface area (Å²) in [6.45, 7) is -0.0678. The van der Waals surface area contributed by atoms with Gasteiger partial charge in [0.15, 0.2) is 0 Å². The van der Waals surface area contributed by atoms with E-state index in [1.54, 1.807) is 48.5 Å². The average Bonchev–Trinajstić information content (AvgIpc) is 2.79. The number of hydrogen-bond donors (Lipinski definition) is 6. The van der Waals surface area contributed by atoms with Crippen molar-refractivity contribution in [1.82, 2.24) is 10.3 Å². The minimum absolute atomic E-state index is 0.0678. The van der Waals surface area contributed by atoms with E-state index in [4.69, 9.17) is 36.9 Å². The van der Waals surface area contributed by atoms with Gasteiger partial charge >= 0.3 is 5.97 Å².